The smallest absolute Gasteiger partial charge is 0.268 e. The van der Waals surface area contributed by atoms with E-state index in [2.05, 4.69) is 0 Å². The van der Waals surface area contributed by atoms with Crippen LogP contribution in [0.4, 0.5) is 5.69 Å². The van der Waals surface area contributed by atoms with Crippen LogP contribution >= 0.6 is 11.6 Å². The average molecular weight is 452 g/mol. The molecule has 0 saturated carbocycles. The Hall–Kier alpha value is -2.89. The van der Waals surface area contributed by atoms with E-state index in [0.717, 1.165) is 16.7 Å². The Labute approximate surface area is 187 Å². The second kappa shape index (κ2) is 8.33. The van der Waals surface area contributed by atoms with Crippen molar-refractivity contribution in [2.24, 2.45) is 0 Å². The third-order valence-corrected chi connectivity index (χ3v) is 7.30. The number of rotatable bonds is 5. The zero-order valence-corrected chi connectivity index (χ0v) is 18.8. The number of anilines is 1. The molecule has 1 aliphatic rings. The van der Waals surface area contributed by atoms with Crippen molar-refractivity contribution in [2.75, 3.05) is 4.31 Å². The highest BCUT2D eigenvalue weighted by Gasteiger charge is 2.36. The number of carbonyl (C=O) groups is 1. The molecule has 0 fully saturated rings. The SMILES string of the molecule is CC(=O)C[C@@H]1C=C(c2ccccc2)N(S(=O)(=O)c2ccc(C)cc2)c2ccc(Cl)cc21. The number of aryl methyl sites for hydroxylation is 1. The maximum atomic E-state index is 13.8. The zero-order chi connectivity index (χ0) is 22.2. The molecule has 3 aromatic rings. The van der Waals surface area contributed by atoms with Crippen LogP contribution in [0.2, 0.25) is 5.02 Å². The molecule has 0 bridgehead atoms. The molecule has 31 heavy (non-hydrogen) atoms. The highest BCUT2D eigenvalue weighted by atomic mass is 35.5. The number of hydrogen-bond donors (Lipinski definition) is 0. The summed E-state index contributed by atoms with van der Waals surface area (Å²) < 4.78 is 29.1. The van der Waals surface area contributed by atoms with E-state index >= 15 is 0 Å². The average Bonchev–Trinajstić information content (AvgIpc) is 2.74. The summed E-state index contributed by atoms with van der Waals surface area (Å²) in [5.74, 6) is -0.250. The zero-order valence-electron chi connectivity index (χ0n) is 17.2. The van der Waals surface area contributed by atoms with Gasteiger partial charge in [0.05, 0.1) is 16.3 Å². The van der Waals surface area contributed by atoms with E-state index in [9.17, 15) is 13.2 Å². The van der Waals surface area contributed by atoms with Gasteiger partial charge in [-0.25, -0.2) is 12.7 Å². The Balaban J connectivity index is 1.98. The Morgan fingerprint density at radius 1 is 1.00 bits per heavy atom. The summed E-state index contributed by atoms with van der Waals surface area (Å²) in [5, 5.41) is 0.497. The lowest BCUT2D eigenvalue weighted by molar-refractivity contribution is -0.117. The molecule has 1 heterocycles. The molecule has 0 radical (unpaired) electrons. The molecule has 1 aliphatic heterocycles. The molecular weight excluding hydrogens is 430 g/mol. The van der Waals surface area contributed by atoms with Crippen molar-refractivity contribution >= 4 is 38.8 Å². The highest BCUT2D eigenvalue weighted by Crippen LogP contribution is 2.45. The lowest BCUT2D eigenvalue weighted by atomic mass is 9.88. The minimum atomic E-state index is -3.92. The van der Waals surface area contributed by atoms with Gasteiger partial charge >= 0.3 is 0 Å². The van der Waals surface area contributed by atoms with Crippen molar-refractivity contribution in [3.05, 3.63) is 101 Å². The number of hydrogen-bond acceptors (Lipinski definition) is 3. The van der Waals surface area contributed by atoms with Gasteiger partial charge in [-0.15, -0.1) is 0 Å². The van der Waals surface area contributed by atoms with Crippen molar-refractivity contribution < 1.29 is 13.2 Å². The number of allylic oxidation sites excluding steroid dienone is 1. The van der Waals surface area contributed by atoms with Crippen LogP contribution in [0.5, 0.6) is 0 Å². The van der Waals surface area contributed by atoms with Gasteiger partial charge in [0.15, 0.2) is 0 Å². The molecule has 0 saturated heterocycles. The summed E-state index contributed by atoms with van der Waals surface area (Å²) in [6.45, 7) is 3.45. The predicted octanol–water partition coefficient (Wildman–Crippen LogP) is 5.96. The fourth-order valence-corrected chi connectivity index (χ4v) is 5.58. The molecule has 0 aromatic heterocycles. The fraction of sp³-hybridized carbons (Fsp3) is 0.160. The molecule has 1 atom stereocenters. The van der Waals surface area contributed by atoms with Crippen molar-refractivity contribution in [3.63, 3.8) is 0 Å². The fourth-order valence-electron chi connectivity index (χ4n) is 3.86. The number of carbonyl (C=O) groups excluding carboxylic acids is 1. The normalized spacial score (nSPS) is 15.9. The maximum Gasteiger partial charge on any atom is 0.268 e. The summed E-state index contributed by atoms with van der Waals surface area (Å²) in [5.41, 5.74) is 3.50. The predicted molar refractivity (Wildman–Crippen MR) is 125 cm³/mol. The molecular formula is C25H22ClNO3S. The first-order chi connectivity index (χ1) is 14.8. The van der Waals surface area contributed by atoms with Gasteiger partial charge in [-0.2, -0.15) is 0 Å². The second-order valence-corrected chi connectivity index (χ2v) is 9.94. The Morgan fingerprint density at radius 2 is 1.68 bits per heavy atom. The molecule has 4 rings (SSSR count). The monoisotopic (exact) mass is 451 g/mol. The van der Waals surface area contributed by atoms with Crippen LogP contribution in [0.15, 0.2) is 83.8 Å². The Morgan fingerprint density at radius 3 is 2.32 bits per heavy atom. The number of sulfonamides is 1. The van der Waals surface area contributed by atoms with Crippen LogP contribution in [0, 0.1) is 6.92 Å². The largest absolute Gasteiger partial charge is 0.300 e. The van der Waals surface area contributed by atoms with Crippen LogP contribution in [-0.4, -0.2) is 14.2 Å². The molecule has 0 amide bonds. The van der Waals surface area contributed by atoms with Crippen molar-refractivity contribution in [1.82, 2.24) is 0 Å². The maximum absolute atomic E-state index is 13.8. The van der Waals surface area contributed by atoms with Crippen molar-refractivity contribution in [2.45, 2.75) is 31.1 Å². The summed E-state index contributed by atoms with van der Waals surface area (Å²) in [4.78, 5) is 12.2. The number of fused-ring (bicyclic) bond motifs is 1. The minimum Gasteiger partial charge on any atom is -0.300 e. The summed E-state index contributed by atoms with van der Waals surface area (Å²) in [6.07, 6.45) is 2.13. The number of nitrogens with zero attached hydrogens (tertiary/aromatic N) is 1. The molecule has 6 heteroatoms. The van der Waals surface area contributed by atoms with Gasteiger partial charge in [-0.1, -0.05) is 65.7 Å². The molecule has 3 aromatic carbocycles. The Bertz CT molecular complexity index is 1270. The first-order valence-corrected chi connectivity index (χ1v) is 11.8. The van der Waals surface area contributed by atoms with E-state index in [4.69, 9.17) is 11.6 Å². The van der Waals surface area contributed by atoms with E-state index in [1.165, 1.54) is 11.2 Å². The number of halogens is 1. The van der Waals surface area contributed by atoms with E-state index in [1.807, 2.05) is 43.3 Å². The molecule has 0 N–H and O–H groups in total. The van der Waals surface area contributed by atoms with Gasteiger partial charge in [-0.05, 0) is 55.3 Å². The number of Topliss-reactive ketones (excluding diaryl/α,β-unsaturated/α-hetero) is 1. The third-order valence-electron chi connectivity index (χ3n) is 5.32. The standard InChI is InChI=1S/C25H22ClNO3S/c1-17-8-11-22(12-9-17)31(29,30)27-24-13-10-21(26)16-23(24)20(14-18(2)28)15-25(27)19-6-4-3-5-7-19/h3-13,15-16,20H,14H2,1-2H3/t20-/m1/s1. The second-order valence-electron chi connectivity index (χ2n) is 7.72. The van der Waals surface area contributed by atoms with E-state index < -0.39 is 10.0 Å². The lowest BCUT2D eigenvalue weighted by Gasteiger charge is -2.35. The summed E-state index contributed by atoms with van der Waals surface area (Å²) in [6, 6.07) is 21.3. The van der Waals surface area contributed by atoms with Crippen LogP contribution in [-0.2, 0) is 14.8 Å². The van der Waals surface area contributed by atoms with Crippen molar-refractivity contribution in [3.8, 4) is 0 Å². The molecule has 4 nitrogen and oxygen atoms in total. The first-order valence-electron chi connectivity index (χ1n) is 9.95. The summed E-state index contributed by atoms with van der Waals surface area (Å²) in [7, 11) is -3.92. The van der Waals surface area contributed by atoms with Gasteiger partial charge in [0.2, 0.25) is 0 Å². The van der Waals surface area contributed by atoms with Gasteiger partial charge in [0.25, 0.3) is 10.0 Å². The minimum absolute atomic E-state index is 0.0226. The molecule has 0 aliphatic carbocycles. The van der Waals surface area contributed by atoms with E-state index in [0.29, 0.717) is 16.4 Å². The van der Waals surface area contributed by atoms with Gasteiger partial charge in [0.1, 0.15) is 5.78 Å². The molecule has 158 valence electrons. The summed E-state index contributed by atoms with van der Waals surface area (Å²) >= 11 is 6.25. The highest BCUT2D eigenvalue weighted by molar-refractivity contribution is 7.93. The molecule has 0 unspecified atom stereocenters. The number of ketones is 1. The van der Waals surface area contributed by atoms with Gasteiger partial charge in [0, 0.05) is 17.4 Å². The van der Waals surface area contributed by atoms with Crippen LogP contribution in [0.25, 0.3) is 5.70 Å². The first kappa shape index (κ1) is 21.3. The third kappa shape index (κ3) is 4.16. The van der Waals surface area contributed by atoms with Crippen LogP contribution in [0.3, 0.4) is 0 Å². The lowest BCUT2D eigenvalue weighted by Crippen LogP contribution is -2.33. The van der Waals surface area contributed by atoms with E-state index in [-0.39, 0.29) is 23.0 Å². The Kier molecular flexibility index (Phi) is 5.73. The van der Waals surface area contributed by atoms with Crippen LogP contribution < -0.4 is 4.31 Å². The molecule has 0 spiro atoms. The quantitative estimate of drug-likeness (QED) is 0.480. The number of benzene rings is 3. The topological polar surface area (TPSA) is 54.5 Å². The van der Waals surface area contributed by atoms with Crippen molar-refractivity contribution in [1.29, 1.82) is 0 Å². The van der Waals surface area contributed by atoms with Crippen LogP contribution in [0.1, 0.15) is 36.0 Å². The van der Waals surface area contributed by atoms with Gasteiger partial charge in [-0.3, -0.25) is 4.79 Å². The van der Waals surface area contributed by atoms with Gasteiger partial charge < -0.3 is 0 Å². The van der Waals surface area contributed by atoms with E-state index in [1.54, 1.807) is 42.5 Å².